The second kappa shape index (κ2) is 20.9. The maximum Gasteiger partial charge on any atom is 0.227 e. The lowest BCUT2D eigenvalue weighted by atomic mass is 10.1. The third kappa shape index (κ3) is 13.7. The molecule has 1 heterocycles. The molecule has 1 amide bonds. The third-order valence-corrected chi connectivity index (χ3v) is 8.56. The van der Waals surface area contributed by atoms with E-state index in [0.717, 1.165) is 42.4 Å². The van der Waals surface area contributed by atoms with E-state index in [9.17, 15) is 4.79 Å². The van der Waals surface area contributed by atoms with Gasteiger partial charge in [0.05, 0.1) is 19.0 Å². The molecule has 6 heteroatoms. The maximum atomic E-state index is 13.0. The van der Waals surface area contributed by atoms with Crippen molar-refractivity contribution in [2.45, 2.75) is 117 Å². The highest BCUT2D eigenvalue weighted by atomic mass is 79.9. The van der Waals surface area contributed by atoms with Crippen LogP contribution in [0.4, 0.5) is 5.69 Å². The summed E-state index contributed by atoms with van der Waals surface area (Å²) < 4.78 is 6.10. The summed E-state index contributed by atoms with van der Waals surface area (Å²) in [6.45, 7) is 8.52. The fraction of sp³-hybridized carbons (Fsp3) is 0.571. The van der Waals surface area contributed by atoms with Crippen molar-refractivity contribution in [2.75, 3.05) is 17.4 Å². The molecule has 3 rings (SSSR count). The van der Waals surface area contributed by atoms with Crippen LogP contribution in [0, 0.1) is 0 Å². The fourth-order valence-electron chi connectivity index (χ4n) is 5.23. The van der Waals surface area contributed by atoms with Crippen molar-refractivity contribution < 1.29 is 9.53 Å². The van der Waals surface area contributed by atoms with Gasteiger partial charge in [-0.1, -0.05) is 109 Å². The molecule has 0 aromatic heterocycles. The highest BCUT2D eigenvalue weighted by Gasteiger charge is 2.17. The summed E-state index contributed by atoms with van der Waals surface area (Å²) in [5.74, 6) is 2.01. The normalized spacial score (nSPS) is 12.7. The second-order valence-corrected chi connectivity index (χ2v) is 12.3. The summed E-state index contributed by atoms with van der Waals surface area (Å²) in [6.07, 6.45) is 18.8. The molecule has 0 saturated carbocycles. The van der Waals surface area contributed by atoms with Crippen LogP contribution < -0.4 is 9.64 Å². The van der Waals surface area contributed by atoms with Gasteiger partial charge in [-0.25, -0.2) is 0 Å². The van der Waals surface area contributed by atoms with E-state index in [1.54, 1.807) is 0 Å². The Morgan fingerprint density at radius 1 is 0.854 bits per heavy atom. The lowest BCUT2D eigenvalue weighted by molar-refractivity contribution is -0.118. The van der Waals surface area contributed by atoms with Crippen LogP contribution in [0.3, 0.4) is 0 Å². The minimum absolute atomic E-state index is 0. The zero-order chi connectivity index (χ0) is 28.4. The Labute approximate surface area is 265 Å². The number of amides is 1. The molecule has 2 aromatic rings. The summed E-state index contributed by atoms with van der Waals surface area (Å²) in [5.41, 5.74) is 3.27. The number of thioether (sulfide) groups is 1. The molecular weight excluding hydrogens is 592 g/mol. The molecule has 0 bridgehead atoms. The molecule has 0 spiro atoms. The van der Waals surface area contributed by atoms with Crippen LogP contribution in [-0.4, -0.2) is 23.3 Å². The molecule has 228 valence electrons. The smallest absolute Gasteiger partial charge is 0.227 e. The lowest BCUT2D eigenvalue weighted by Gasteiger charge is -2.24. The van der Waals surface area contributed by atoms with E-state index in [-0.39, 0.29) is 22.9 Å². The maximum absolute atomic E-state index is 13.0. The van der Waals surface area contributed by atoms with Gasteiger partial charge in [-0.15, -0.1) is 28.7 Å². The lowest BCUT2D eigenvalue weighted by Crippen LogP contribution is -2.29. The molecule has 0 unspecified atom stereocenters. The van der Waals surface area contributed by atoms with Gasteiger partial charge in [0.15, 0.2) is 0 Å². The standard InChI is InChI=1S/C35H52N2O2S.BrH/c1-4-6-7-8-9-10-11-12-13-14-15-16-23-39-34-22-18-20-32(25-34)28-37(35(38)5-2)33-21-17-19-31(24-33)27-36-26-30(3)40-29-36;/h17-22,24-26H,4-16,23,27-29H2,1-3H3;1H. The predicted molar refractivity (Wildman–Crippen MR) is 183 cm³/mol. The Bertz CT molecular complexity index is 1040. The summed E-state index contributed by atoms with van der Waals surface area (Å²) in [6, 6.07) is 16.7. The first kappa shape index (κ1) is 35.3. The number of nitrogens with zero attached hydrogens (tertiary/aromatic N) is 2. The van der Waals surface area contributed by atoms with Crippen molar-refractivity contribution in [3.05, 3.63) is 70.8 Å². The van der Waals surface area contributed by atoms with Crippen molar-refractivity contribution in [3.63, 3.8) is 0 Å². The first-order valence-corrected chi connectivity index (χ1v) is 16.7. The molecule has 0 N–H and O–H groups in total. The van der Waals surface area contributed by atoms with Crippen LogP contribution in [0.15, 0.2) is 59.6 Å². The van der Waals surface area contributed by atoms with Gasteiger partial charge < -0.3 is 14.5 Å². The molecule has 0 saturated heterocycles. The molecule has 4 nitrogen and oxygen atoms in total. The Morgan fingerprint density at radius 2 is 1.49 bits per heavy atom. The van der Waals surface area contributed by atoms with Crippen molar-refractivity contribution in [1.82, 2.24) is 4.90 Å². The van der Waals surface area contributed by atoms with Gasteiger partial charge in [0.25, 0.3) is 0 Å². The quantitative estimate of drug-likeness (QED) is 0.134. The first-order chi connectivity index (χ1) is 19.6. The predicted octanol–water partition coefficient (Wildman–Crippen LogP) is 10.7. The number of unbranched alkanes of at least 4 members (excludes halogenated alkanes) is 11. The van der Waals surface area contributed by atoms with Crippen LogP contribution in [0.5, 0.6) is 5.75 Å². The number of hydrogen-bond donors (Lipinski definition) is 0. The van der Waals surface area contributed by atoms with Gasteiger partial charge in [0.2, 0.25) is 5.91 Å². The molecule has 0 fully saturated rings. The summed E-state index contributed by atoms with van der Waals surface area (Å²) >= 11 is 1.87. The Hall–Kier alpha value is -1.92. The largest absolute Gasteiger partial charge is 0.494 e. The van der Waals surface area contributed by atoms with E-state index in [1.165, 1.54) is 81.1 Å². The fourth-order valence-corrected chi connectivity index (χ4v) is 5.99. The van der Waals surface area contributed by atoms with E-state index in [1.807, 2.05) is 41.8 Å². The Morgan fingerprint density at radius 3 is 2.12 bits per heavy atom. The van der Waals surface area contributed by atoms with E-state index >= 15 is 0 Å². The van der Waals surface area contributed by atoms with Crippen molar-refractivity contribution in [3.8, 4) is 5.75 Å². The highest BCUT2D eigenvalue weighted by molar-refractivity contribution is 8.93. The number of rotatable bonds is 20. The first-order valence-electron chi connectivity index (χ1n) is 15.8. The van der Waals surface area contributed by atoms with Gasteiger partial charge >= 0.3 is 0 Å². The zero-order valence-electron chi connectivity index (χ0n) is 25.7. The number of allylic oxidation sites excluding steroid dienone is 1. The van der Waals surface area contributed by atoms with Gasteiger partial charge in [-0.2, -0.15) is 0 Å². The SMILES string of the molecule is Br.CCCCCCCCCCCCCCOc1cccc(CN(C(=O)CC)c2cccc(CN3C=C(C)SC3)c2)c1. The highest BCUT2D eigenvalue weighted by Crippen LogP contribution is 2.27. The van der Waals surface area contributed by atoms with Crippen molar-refractivity contribution >= 4 is 40.3 Å². The molecule has 0 aliphatic carbocycles. The number of carbonyl (C=O) groups excluding carboxylic acids is 1. The van der Waals surface area contributed by atoms with Crippen LogP contribution in [-0.2, 0) is 17.9 Å². The van der Waals surface area contributed by atoms with Gasteiger partial charge in [0.1, 0.15) is 5.75 Å². The topological polar surface area (TPSA) is 32.8 Å². The minimum atomic E-state index is 0. The van der Waals surface area contributed by atoms with Crippen LogP contribution in [0.2, 0.25) is 0 Å². The van der Waals surface area contributed by atoms with E-state index < -0.39 is 0 Å². The minimum Gasteiger partial charge on any atom is -0.494 e. The number of anilines is 1. The molecular formula is C35H53BrN2O2S. The average Bonchev–Trinajstić information content (AvgIpc) is 3.38. The van der Waals surface area contributed by atoms with E-state index in [0.29, 0.717) is 13.0 Å². The average molecular weight is 646 g/mol. The molecule has 1 aliphatic rings. The number of carbonyl (C=O) groups is 1. The summed E-state index contributed by atoms with van der Waals surface area (Å²) in [5, 5.41) is 0. The second-order valence-electron chi connectivity index (χ2n) is 11.1. The van der Waals surface area contributed by atoms with Crippen molar-refractivity contribution in [2.24, 2.45) is 0 Å². The number of hydrogen-bond acceptors (Lipinski definition) is 4. The van der Waals surface area contributed by atoms with Gasteiger partial charge in [0, 0.05) is 24.9 Å². The third-order valence-electron chi connectivity index (χ3n) is 7.54. The molecule has 0 atom stereocenters. The van der Waals surface area contributed by atoms with Crippen molar-refractivity contribution in [1.29, 1.82) is 0 Å². The number of halogens is 1. The zero-order valence-corrected chi connectivity index (χ0v) is 28.3. The van der Waals surface area contributed by atoms with Crippen LogP contribution in [0.1, 0.15) is 115 Å². The molecule has 41 heavy (non-hydrogen) atoms. The van der Waals surface area contributed by atoms with E-state index in [2.05, 4.69) is 55.3 Å². The van der Waals surface area contributed by atoms with Crippen LogP contribution in [0.25, 0.3) is 0 Å². The van der Waals surface area contributed by atoms with Crippen LogP contribution >= 0.6 is 28.7 Å². The van der Waals surface area contributed by atoms with E-state index in [4.69, 9.17) is 4.74 Å². The summed E-state index contributed by atoms with van der Waals surface area (Å²) in [4.78, 5) is 18.6. The number of benzene rings is 2. The number of ether oxygens (including phenoxy) is 1. The Balaban J connectivity index is 0.00000588. The molecule has 0 radical (unpaired) electrons. The molecule has 1 aliphatic heterocycles. The Kier molecular flexibility index (Phi) is 18.0. The van der Waals surface area contributed by atoms with Gasteiger partial charge in [-0.05, 0) is 53.6 Å². The monoisotopic (exact) mass is 644 g/mol. The molecule has 2 aromatic carbocycles. The van der Waals surface area contributed by atoms with Gasteiger partial charge in [-0.3, -0.25) is 4.79 Å². The summed E-state index contributed by atoms with van der Waals surface area (Å²) in [7, 11) is 0.